The number of pyridine rings is 2. The Morgan fingerprint density at radius 1 is 0.923 bits per heavy atom. The van der Waals surface area contributed by atoms with Crippen LogP contribution >= 0.6 is 0 Å². The second-order valence-electron chi connectivity index (χ2n) is 5.97. The molecule has 26 heavy (non-hydrogen) atoms. The summed E-state index contributed by atoms with van der Waals surface area (Å²) >= 11 is 0. The van der Waals surface area contributed by atoms with Crippen molar-refractivity contribution >= 4 is 11.8 Å². The summed E-state index contributed by atoms with van der Waals surface area (Å²) in [7, 11) is 0. The van der Waals surface area contributed by atoms with Crippen LogP contribution in [0.2, 0.25) is 0 Å². The molecular formula is C19H17N7. The Morgan fingerprint density at radius 2 is 1.73 bits per heavy atom. The van der Waals surface area contributed by atoms with Crippen molar-refractivity contribution in [2.45, 2.75) is 0 Å². The molecule has 1 aliphatic rings. The van der Waals surface area contributed by atoms with Crippen LogP contribution in [-0.4, -0.2) is 46.1 Å². The minimum atomic E-state index is 0.630. The number of hydrogen-bond donors (Lipinski definition) is 0. The number of piperazine rings is 1. The normalized spacial score (nSPS) is 14.1. The Bertz CT molecular complexity index is 928. The lowest BCUT2D eigenvalue weighted by Gasteiger charge is -2.35. The zero-order valence-electron chi connectivity index (χ0n) is 14.2. The van der Waals surface area contributed by atoms with Gasteiger partial charge in [-0.2, -0.15) is 5.26 Å². The molecule has 0 N–H and O–H groups in total. The summed E-state index contributed by atoms with van der Waals surface area (Å²) in [5.41, 5.74) is 2.48. The number of anilines is 2. The number of hydrogen-bond acceptors (Lipinski definition) is 7. The molecule has 0 radical (unpaired) electrons. The standard InChI is InChI=1S/C19H17N7/c20-13-15-3-6-22-18(12-15)25-8-10-26(11-9-25)19-23-7-4-17(24-19)16-2-1-5-21-14-16/h1-7,12,14H,8-11H2. The van der Waals surface area contributed by atoms with Gasteiger partial charge in [0.15, 0.2) is 0 Å². The van der Waals surface area contributed by atoms with Crippen molar-refractivity contribution < 1.29 is 0 Å². The van der Waals surface area contributed by atoms with Gasteiger partial charge in [0.1, 0.15) is 5.82 Å². The van der Waals surface area contributed by atoms with Gasteiger partial charge in [0.2, 0.25) is 5.95 Å². The SMILES string of the molecule is N#Cc1ccnc(N2CCN(c3nccc(-c4cccnc4)n3)CC2)c1. The molecule has 4 rings (SSSR count). The molecule has 0 spiro atoms. The van der Waals surface area contributed by atoms with Gasteiger partial charge in [-0.05, 0) is 30.3 Å². The van der Waals surface area contributed by atoms with E-state index in [9.17, 15) is 0 Å². The van der Waals surface area contributed by atoms with Crippen LogP contribution in [-0.2, 0) is 0 Å². The zero-order chi connectivity index (χ0) is 17.8. The predicted molar refractivity (Wildman–Crippen MR) is 98.6 cm³/mol. The van der Waals surface area contributed by atoms with Gasteiger partial charge in [0, 0.05) is 56.5 Å². The maximum Gasteiger partial charge on any atom is 0.225 e. The van der Waals surface area contributed by atoms with Gasteiger partial charge in [-0.1, -0.05) is 0 Å². The third kappa shape index (κ3) is 3.30. The molecule has 0 bridgehead atoms. The van der Waals surface area contributed by atoms with Crippen molar-refractivity contribution in [2.75, 3.05) is 36.0 Å². The predicted octanol–water partition coefficient (Wildman–Crippen LogP) is 2.13. The number of nitrogens with zero attached hydrogens (tertiary/aromatic N) is 7. The maximum absolute atomic E-state index is 9.05. The molecule has 7 heteroatoms. The third-order valence-electron chi connectivity index (χ3n) is 4.36. The van der Waals surface area contributed by atoms with E-state index in [2.05, 4.69) is 35.8 Å². The van der Waals surface area contributed by atoms with E-state index in [0.29, 0.717) is 5.56 Å². The monoisotopic (exact) mass is 343 g/mol. The molecule has 0 aromatic carbocycles. The van der Waals surface area contributed by atoms with Crippen molar-refractivity contribution in [1.29, 1.82) is 5.26 Å². The van der Waals surface area contributed by atoms with Gasteiger partial charge in [-0.25, -0.2) is 15.0 Å². The average molecular weight is 343 g/mol. The summed E-state index contributed by atoms with van der Waals surface area (Å²) in [6.45, 7) is 3.22. The van der Waals surface area contributed by atoms with Crippen molar-refractivity contribution in [2.24, 2.45) is 0 Å². The van der Waals surface area contributed by atoms with Crippen molar-refractivity contribution in [3.05, 3.63) is 60.7 Å². The van der Waals surface area contributed by atoms with Crippen LogP contribution in [0.4, 0.5) is 11.8 Å². The van der Waals surface area contributed by atoms with E-state index in [-0.39, 0.29) is 0 Å². The largest absolute Gasteiger partial charge is 0.353 e. The highest BCUT2D eigenvalue weighted by Gasteiger charge is 2.20. The van der Waals surface area contributed by atoms with Crippen LogP contribution in [0, 0.1) is 11.3 Å². The summed E-state index contributed by atoms with van der Waals surface area (Å²) in [4.78, 5) is 22.0. The lowest BCUT2D eigenvalue weighted by Crippen LogP contribution is -2.47. The second-order valence-corrected chi connectivity index (χ2v) is 5.97. The molecule has 1 aliphatic heterocycles. The molecule has 1 saturated heterocycles. The molecule has 128 valence electrons. The van der Waals surface area contributed by atoms with Gasteiger partial charge in [-0.3, -0.25) is 4.98 Å². The topological polar surface area (TPSA) is 81.8 Å². The van der Waals surface area contributed by atoms with Gasteiger partial charge >= 0.3 is 0 Å². The minimum absolute atomic E-state index is 0.630. The summed E-state index contributed by atoms with van der Waals surface area (Å²) < 4.78 is 0. The first-order valence-electron chi connectivity index (χ1n) is 8.43. The van der Waals surface area contributed by atoms with Crippen LogP contribution < -0.4 is 9.80 Å². The number of rotatable bonds is 3. The highest BCUT2D eigenvalue weighted by molar-refractivity contribution is 5.59. The third-order valence-corrected chi connectivity index (χ3v) is 4.36. The molecule has 3 aromatic rings. The molecule has 3 aromatic heterocycles. The van der Waals surface area contributed by atoms with E-state index >= 15 is 0 Å². The van der Waals surface area contributed by atoms with E-state index in [0.717, 1.165) is 49.2 Å². The highest BCUT2D eigenvalue weighted by atomic mass is 15.3. The van der Waals surface area contributed by atoms with Gasteiger partial charge in [-0.15, -0.1) is 0 Å². The number of aromatic nitrogens is 4. The molecular weight excluding hydrogens is 326 g/mol. The quantitative estimate of drug-likeness (QED) is 0.720. The smallest absolute Gasteiger partial charge is 0.225 e. The van der Waals surface area contributed by atoms with Crippen molar-refractivity contribution in [3.63, 3.8) is 0 Å². The van der Waals surface area contributed by atoms with Crippen LogP contribution in [0.25, 0.3) is 11.3 Å². The summed E-state index contributed by atoms with van der Waals surface area (Å²) in [6, 6.07) is 11.5. The van der Waals surface area contributed by atoms with Crippen LogP contribution in [0.5, 0.6) is 0 Å². The fourth-order valence-electron chi connectivity index (χ4n) is 2.97. The summed E-state index contributed by atoms with van der Waals surface area (Å²) in [6.07, 6.45) is 7.02. The first-order chi connectivity index (χ1) is 12.8. The minimum Gasteiger partial charge on any atom is -0.353 e. The van der Waals surface area contributed by atoms with E-state index in [1.165, 1.54) is 0 Å². The molecule has 0 saturated carbocycles. The maximum atomic E-state index is 9.05. The highest BCUT2D eigenvalue weighted by Crippen LogP contribution is 2.20. The Labute approximate surface area is 151 Å². The zero-order valence-corrected chi connectivity index (χ0v) is 14.2. The molecule has 4 heterocycles. The second kappa shape index (κ2) is 7.15. The fraction of sp³-hybridized carbons (Fsp3) is 0.211. The molecule has 0 atom stereocenters. The van der Waals surface area contributed by atoms with E-state index in [1.54, 1.807) is 30.9 Å². The van der Waals surface area contributed by atoms with Gasteiger partial charge < -0.3 is 9.80 Å². The Kier molecular flexibility index (Phi) is 4.39. The lowest BCUT2D eigenvalue weighted by molar-refractivity contribution is 0.635. The summed E-state index contributed by atoms with van der Waals surface area (Å²) in [5, 5.41) is 9.05. The fourth-order valence-corrected chi connectivity index (χ4v) is 2.97. The van der Waals surface area contributed by atoms with E-state index in [4.69, 9.17) is 5.26 Å². The van der Waals surface area contributed by atoms with Crippen LogP contribution in [0.3, 0.4) is 0 Å². The Balaban J connectivity index is 1.47. The first kappa shape index (κ1) is 16.0. The van der Waals surface area contributed by atoms with Gasteiger partial charge in [0.25, 0.3) is 0 Å². The molecule has 0 amide bonds. The van der Waals surface area contributed by atoms with E-state index in [1.807, 2.05) is 24.3 Å². The first-order valence-corrected chi connectivity index (χ1v) is 8.43. The molecule has 0 unspecified atom stereocenters. The van der Waals surface area contributed by atoms with E-state index < -0.39 is 0 Å². The molecule has 1 fully saturated rings. The van der Waals surface area contributed by atoms with Crippen molar-refractivity contribution in [3.8, 4) is 17.3 Å². The Morgan fingerprint density at radius 3 is 2.50 bits per heavy atom. The summed E-state index contributed by atoms with van der Waals surface area (Å²) in [5.74, 6) is 1.57. The lowest BCUT2D eigenvalue weighted by atomic mass is 10.2. The molecule has 7 nitrogen and oxygen atoms in total. The average Bonchev–Trinajstić information content (AvgIpc) is 2.75. The molecule has 0 aliphatic carbocycles. The van der Waals surface area contributed by atoms with Gasteiger partial charge in [0.05, 0.1) is 17.3 Å². The Hall–Kier alpha value is -3.53. The number of nitriles is 1. The van der Waals surface area contributed by atoms with Crippen molar-refractivity contribution in [1.82, 2.24) is 19.9 Å². The van der Waals surface area contributed by atoms with Crippen LogP contribution in [0.15, 0.2) is 55.1 Å². The van der Waals surface area contributed by atoms with Crippen LogP contribution in [0.1, 0.15) is 5.56 Å².